The molecule has 0 atom stereocenters. The molecule has 0 N–H and O–H groups in total. The molecule has 1 aromatic heterocycles. The molecular formula is C21H24N2O5. The van der Waals surface area contributed by atoms with Crippen LogP contribution in [0, 0.1) is 0 Å². The second-order valence-electron chi connectivity index (χ2n) is 7.03. The van der Waals surface area contributed by atoms with E-state index in [1.807, 2.05) is 18.2 Å². The van der Waals surface area contributed by atoms with Gasteiger partial charge in [0.2, 0.25) is 0 Å². The van der Waals surface area contributed by atoms with Crippen LogP contribution in [0.3, 0.4) is 0 Å². The molecule has 0 bridgehead atoms. The van der Waals surface area contributed by atoms with Crippen LogP contribution in [0.2, 0.25) is 0 Å². The van der Waals surface area contributed by atoms with Crippen LogP contribution in [0.4, 0.5) is 0 Å². The van der Waals surface area contributed by atoms with Crippen LogP contribution in [-0.4, -0.2) is 50.4 Å². The van der Waals surface area contributed by atoms with E-state index < -0.39 is 0 Å². The average molecular weight is 384 g/mol. The van der Waals surface area contributed by atoms with Crippen LogP contribution in [0.15, 0.2) is 28.8 Å². The third-order valence-corrected chi connectivity index (χ3v) is 5.26. The molecule has 2 aromatic rings. The van der Waals surface area contributed by atoms with Crippen molar-refractivity contribution < 1.29 is 23.5 Å². The fourth-order valence-electron chi connectivity index (χ4n) is 3.52. The zero-order valence-corrected chi connectivity index (χ0v) is 16.4. The number of aromatic nitrogens is 1. The smallest absolute Gasteiger partial charge is 0.276 e. The highest BCUT2D eigenvalue weighted by atomic mass is 16.5. The minimum absolute atomic E-state index is 0.0976. The first-order valence-corrected chi connectivity index (χ1v) is 9.40. The summed E-state index contributed by atoms with van der Waals surface area (Å²) < 4.78 is 21.7. The predicted molar refractivity (Wildman–Crippen MR) is 103 cm³/mol. The number of methoxy groups -OCH3 is 3. The maximum atomic E-state index is 12.7. The lowest BCUT2D eigenvalue weighted by molar-refractivity contribution is 0.0762. The Bertz CT molecular complexity index is 888. The zero-order valence-electron chi connectivity index (χ0n) is 16.4. The SMILES string of the molecule is COc1cc(OC)c(C2=CCN(C(=O)c3cc(C4CC4)on3)CC2)c(OC)c1. The third kappa shape index (κ3) is 3.44. The van der Waals surface area contributed by atoms with Gasteiger partial charge in [-0.05, 0) is 24.8 Å². The van der Waals surface area contributed by atoms with E-state index in [2.05, 4.69) is 5.16 Å². The standard InChI is InChI=1S/C21H24N2O5/c1-25-15-10-18(26-2)20(19(11-15)27-3)14-6-8-23(9-7-14)21(24)16-12-17(28-22-16)13-4-5-13/h6,10-13H,4-5,7-9H2,1-3H3. The monoisotopic (exact) mass is 384 g/mol. The van der Waals surface area contributed by atoms with E-state index >= 15 is 0 Å². The summed E-state index contributed by atoms with van der Waals surface area (Å²) in [4.78, 5) is 14.5. The molecule has 148 valence electrons. The Labute approximate surface area is 163 Å². The second kappa shape index (κ2) is 7.58. The fraction of sp³-hybridized carbons (Fsp3) is 0.429. The van der Waals surface area contributed by atoms with E-state index in [4.69, 9.17) is 18.7 Å². The normalized spacial score (nSPS) is 16.5. The van der Waals surface area contributed by atoms with Gasteiger partial charge in [-0.3, -0.25) is 4.79 Å². The lowest BCUT2D eigenvalue weighted by atomic mass is 9.97. The van der Waals surface area contributed by atoms with E-state index in [0.29, 0.717) is 48.4 Å². The molecule has 0 saturated heterocycles. The highest BCUT2D eigenvalue weighted by Crippen LogP contribution is 2.42. The van der Waals surface area contributed by atoms with Crippen molar-refractivity contribution in [1.82, 2.24) is 10.1 Å². The number of benzene rings is 1. The van der Waals surface area contributed by atoms with Gasteiger partial charge >= 0.3 is 0 Å². The average Bonchev–Trinajstić information content (AvgIpc) is 3.48. The Kier molecular flexibility index (Phi) is 4.98. The van der Waals surface area contributed by atoms with Gasteiger partial charge in [0.25, 0.3) is 5.91 Å². The zero-order chi connectivity index (χ0) is 19.7. The van der Waals surface area contributed by atoms with Crippen LogP contribution in [-0.2, 0) is 0 Å². The lowest BCUT2D eigenvalue weighted by Crippen LogP contribution is -2.34. The number of rotatable bonds is 6. The summed E-state index contributed by atoms with van der Waals surface area (Å²) >= 11 is 0. The van der Waals surface area contributed by atoms with Gasteiger partial charge in [0, 0.05) is 37.2 Å². The van der Waals surface area contributed by atoms with Crippen LogP contribution in [0.25, 0.3) is 5.57 Å². The molecular weight excluding hydrogens is 360 g/mol. The molecule has 1 fully saturated rings. The molecule has 1 aromatic carbocycles. The summed E-state index contributed by atoms with van der Waals surface area (Å²) in [6.45, 7) is 1.09. The fourth-order valence-corrected chi connectivity index (χ4v) is 3.52. The van der Waals surface area contributed by atoms with Gasteiger partial charge in [-0.2, -0.15) is 0 Å². The van der Waals surface area contributed by atoms with Gasteiger partial charge in [0.15, 0.2) is 5.69 Å². The summed E-state index contributed by atoms with van der Waals surface area (Å²) in [7, 11) is 4.85. The molecule has 7 heteroatoms. The number of ether oxygens (including phenoxy) is 3. The van der Waals surface area contributed by atoms with Gasteiger partial charge in [0.1, 0.15) is 23.0 Å². The number of carbonyl (C=O) groups is 1. The van der Waals surface area contributed by atoms with E-state index in [1.54, 1.807) is 32.3 Å². The Morgan fingerprint density at radius 2 is 1.82 bits per heavy atom. The van der Waals surface area contributed by atoms with E-state index in [0.717, 1.165) is 29.7 Å². The van der Waals surface area contributed by atoms with E-state index in [-0.39, 0.29) is 5.91 Å². The number of carbonyl (C=O) groups excluding carboxylic acids is 1. The first-order valence-electron chi connectivity index (χ1n) is 9.40. The molecule has 4 rings (SSSR count). The molecule has 7 nitrogen and oxygen atoms in total. The molecule has 0 radical (unpaired) electrons. The molecule has 0 spiro atoms. The van der Waals surface area contributed by atoms with Crippen molar-refractivity contribution in [3.8, 4) is 17.2 Å². The van der Waals surface area contributed by atoms with Crippen molar-refractivity contribution in [2.75, 3.05) is 34.4 Å². The van der Waals surface area contributed by atoms with Gasteiger partial charge in [-0.25, -0.2) is 0 Å². The van der Waals surface area contributed by atoms with Crippen LogP contribution >= 0.6 is 0 Å². The molecule has 1 aliphatic carbocycles. The van der Waals surface area contributed by atoms with Crippen molar-refractivity contribution in [3.05, 3.63) is 41.3 Å². The predicted octanol–water partition coefficient (Wildman–Crippen LogP) is 3.51. The topological polar surface area (TPSA) is 74.0 Å². The minimum Gasteiger partial charge on any atom is -0.496 e. The quantitative estimate of drug-likeness (QED) is 0.759. The summed E-state index contributed by atoms with van der Waals surface area (Å²) in [5.74, 6) is 3.21. The van der Waals surface area contributed by atoms with E-state index in [9.17, 15) is 4.79 Å². The summed E-state index contributed by atoms with van der Waals surface area (Å²) in [6, 6.07) is 5.46. The Balaban J connectivity index is 1.54. The summed E-state index contributed by atoms with van der Waals surface area (Å²) in [6.07, 6.45) is 4.96. The number of hydrogen-bond acceptors (Lipinski definition) is 6. The Morgan fingerprint density at radius 1 is 1.11 bits per heavy atom. The van der Waals surface area contributed by atoms with Crippen LogP contribution in [0.5, 0.6) is 17.2 Å². The maximum absolute atomic E-state index is 12.7. The van der Waals surface area contributed by atoms with Crippen molar-refractivity contribution in [2.24, 2.45) is 0 Å². The molecule has 2 aliphatic rings. The molecule has 0 unspecified atom stereocenters. The van der Waals surface area contributed by atoms with Gasteiger partial charge in [-0.1, -0.05) is 11.2 Å². The Hall–Kier alpha value is -2.96. The minimum atomic E-state index is -0.0976. The first-order chi connectivity index (χ1) is 13.6. The molecule has 1 saturated carbocycles. The van der Waals surface area contributed by atoms with Crippen LogP contribution in [0.1, 0.15) is 47.0 Å². The first kappa shape index (κ1) is 18.4. The largest absolute Gasteiger partial charge is 0.496 e. The second-order valence-corrected chi connectivity index (χ2v) is 7.03. The van der Waals surface area contributed by atoms with Crippen molar-refractivity contribution in [3.63, 3.8) is 0 Å². The van der Waals surface area contributed by atoms with Crippen molar-refractivity contribution in [1.29, 1.82) is 0 Å². The Morgan fingerprint density at radius 3 is 2.36 bits per heavy atom. The highest BCUT2D eigenvalue weighted by molar-refractivity contribution is 5.93. The summed E-state index contributed by atoms with van der Waals surface area (Å²) in [5.41, 5.74) is 2.37. The molecule has 2 heterocycles. The van der Waals surface area contributed by atoms with Gasteiger partial charge in [-0.15, -0.1) is 0 Å². The molecule has 1 aliphatic heterocycles. The highest BCUT2D eigenvalue weighted by Gasteiger charge is 2.30. The molecule has 28 heavy (non-hydrogen) atoms. The van der Waals surface area contributed by atoms with Crippen molar-refractivity contribution in [2.45, 2.75) is 25.2 Å². The van der Waals surface area contributed by atoms with Gasteiger partial charge in [0.05, 0.1) is 26.9 Å². The maximum Gasteiger partial charge on any atom is 0.276 e. The number of amides is 1. The third-order valence-electron chi connectivity index (χ3n) is 5.26. The van der Waals surface area contributed by atoms with E-state index in [1.165, 1.54) is 0 Å². The molecule has 1 amide bonds. The number of nitrogens with zero attached hydrogens (tertiary/aromatic N) is 2. The summed E-state index contributed by atoms with van der Waals surface area (Å²) in [5, 5.41) is 3.96. The number of hydrogen-bond donors (Lipinski definition) is 0. The van der Waals surface area contributed by atoms with Crippen LogP contribution < -0.4 is 14.2 Å². The lowest BCUT2D eigenvalue weighted by Gasteiger charge is -2.27. The van der Waals surface area contributed by atoms with Crippen molar-refractivity contribution >= 4 is 11.5 Å². The van der Waals surface area contributed by atoms with Gasteiger partial charge < -0.3 is 23.6 Å².